The van der Waals surface area contributed by atoms with E-state index in [9.17, 15) is 0 Å². The number of nitrogens with zero attached hydrogens (tertiary/aromatic N) is 3. The average Bonchev–Trinajstić information content (AvgIpc) is 2.58. The Bertz CT molecular complexity index is 393. The largest absolute Gasteiger partial charge is 0.358 e. The molecule has 2 aromatic rings. The van der Waals surface area contributed by atoms with Crippen molar-refractivity contribution < 1.29 is 5.73 Å². The summed E-state index contributed by atoms with van der Waals surface area (Å²) in [4.78, 5) is 0. The van der Waals surface area contributed by atoms with Crippen molar-refractivity contribution in [3.63, 3.8) is 0 Å². The van der Waals surface area contributed by atoms with E-state index in [0.29, 0.717) is 0 Å². The molecule has 0 spiro atoms. The Balaban J connectivity index is 2.35. The summed E-state index contributed by atoms with van der Waals surface area (Å²) in [5.74, 6) is 0. The van der Waals surface area contributed by atoms with E-state index in [0.717, 1.165) is 30.5 Å². The van der Waals surface area contributed by atoms with Crippen molar-refractivity contribution in [3.8, 4) is 0 Å². The minimum absolute atomic E-state index is 0.907. The lowest BCUT2D eigenvalue weighted by atomic mass is 10.3. The Hall–Kier alpha value is -1.42. The van der Waals surface area contributed by atoms with E-state index in [1.54, 1.807) is 0 Å². The molecule has 0 aliphatic carbocycles. The number of rotatable bonds is 3. The van der Waals surface area contributed by atoms with Crippen molar-refractivity contribution in [2.75, 3.05) is 6.54 Å². The first-order valence-corrected chi connectivity index (χ1v) is 4.49. The van der Waals surface area contributed by atoms with E-state index in [-0.39, 0.29) is 0 Å². The van der Waals surface area contributed by atoms with Gasteiger partial charge in [0.15, 0.2) is 0 Å². The molecule has 13 heavy (non-hydrogen) atoms. The third-order valence-electron chi connectivity index (χ3n) is 2.04. The van der Waals surface area contributed by atoms with Gasteiger partial charge in [0.2, 0.25) is 0 Å². The van der Waals surface area contributed by atoms with Crippen LogP contribution in [0, 0.1) is 0 Å². The zero-order valence-electron chi connectivity index (χ0n) is 7.48. The van der Waals surface area contributed by atoms with Gasteiger partial charge in [0.25, 0.3) is 0 Å². The molecule has 2 rings (SSSR count). The van der Waals surface area contributed by atoms with Crippen LogP contribution < -0.4 is 5.73 Å². The number of fused-ring (bicyclic) bond motifs is 1. The topological polar surface area (TPSA) is 58.4 Å². The van der Waals surface area contributed by atoms with Gasteiger partial charge in [0, 0.05) is 13.0 Å². The summed E-state index contributed by atoms with van der Waals surface area (Å²) in [5.41, 5.74) is 5.88. The third kappa shape index (κ3) is 1.53. The maximum absolute atomic E-state index is 4.07. The van der Waals surface area contributed by atoms with Gasteiger partial charge in [-0.05, 0) is 12.1 Å². The van der Waals surface area contributed by atoms with E-state index >= 15 is 0 Å². The van der Waals surface area contributed by atoms with Gasteiger partial charge in [-0.3, -0.25) is 0 Å². The molecule has 68 valence electrons. The Morgan fingerprint density at radius 2 is 2.15 bits per heavy atom. The van der Waals surface area contributed by atoms with E-state index in [4.69, 9.17) is 0 Å². The van der Waals surface area contributed by atoms with E-state index in [2.05, 4.69) is 16.0 Å². The predicted molar refractivity (Wildman–Crippen MR) is 49.9 cm³/mol. The van der Waals surface area contributed by atoms with Gasteiger partial charge in [-0.2, -0.15) is 0 Å². The second-order valence-corrected chi connectivity index (χ2v) is 3.01. The average molecular weight is 177 g/mol. The van der Waals surface area contributed by atoms with Gasteiger partial charge in [-0.15, -0.1) is 5.10 Å². The molecular weight excluding hydrogens is 164 g/mol. The lowest BCUT2D eigenvalue weighted by Gasteiger charge is -1.97. The summed E-state index contributed by atoms with van der Waals surface area (Å²) in [5, 5.41) is 8.14. The number of aromatic nitrogens is 3. The van der Waals surface area contributed by atoms with Crippen LogP contribution in [0.1, 0.15) is 6.42 Å². The summed E-state index contributed by atoms with van der Waals surface area (Å²) in [6.45, 7) is 1.85. The molecule has 0 saturated carbocycles. The third-order valence-corrected chi connectivity index (χ3v) is 2.04. The van der Waals surface area contributed by atoms with E-state index < -0.39 is 0 Å². The zero-order chi connectivity index (χ0) is 9.10. The lowest BCUT2D eigenvalue weighted by molar-refractivity contribution is -0.368. The van der Waals surface area contributed by atoms with Crippen LogP contribution in [0.15, 0.2) is 24.3 Å². The fraction of sp³-hybridized carbons (Fsp3) is 0.333. The van der Waals surface area contributed by atoms with Crippen LogP contribution in [0.3, 0.4) is 0 Å². The molecule has 4 nitrogen and oxygen atoms in total. The quantitative estimate of drug-likeness (QED) is 0.721. The highest BCUT2D eigenvalue weighted by atomic mass is 15.4. The van der Waals surface area contributed by atoms with Crippen LogP contribution >= 0.6 is 0 Å². The standard InChI is InChI=1S/C9H12N4/c10-6-3-7-13-9-5-2-1-4-8(9)11-12-13/h1-2,4-5H,3,6-7,10H2/p+1. The number of aryl methyl sites for hydroxylation is 1. The van der Waals surface area contributed by atoms with Gasteiger partial charge >= 0.3 is 0 Å². The molecule has 0 aliphatic rings. The van der Waals surface area contributed by atoms with Crippen molar-refractivity contribution in [1.82, 2.24) is 15.0 Å². The Kier molecular flexibility index (Phi) is 2.23. The summed E-state index contributed by atoms with van der Waals surface area (Å²) >= 11 is 0. The SMILES string of the molecule is [NH3+]CCCn1nnc2ccccc21. The molecule has 0 bridgehead atoms. The molecule has 0 unspecified atom stereocenters. The number of hydrogen-bond acceptors (Lipinski definition) is 2. The summed E-state index contributed by atoms with van der Waals surface area (Å²) in [6.07, 6.45) is 1.05. The minimum atomic E-state index is 0.907. The molecule has 1 heterocycles. The van der Waals surface area contributed by atoms with Crippen molar-refractivity contribution in [2.24, 2.45) is 0 Å². The normalized spacial score (nSPS) is 10.8. The molecule has 0 saturated heterocycles. The smallest absolute Gasteiger partial charge is 0.113 e. The molecule has 0 fully saturated rings. The molecule has 0 amide bonds. The van der Waals surface area contributed by atoms with Gasteiger partial charge in [0.1, 0.15) is 5.52 Å². The molecule has 0 radical (unpaired) electrons. The van der Waals surface area contributed by atoms with Crippen LogP contribution in [0.4, 0.5) is 0 Å². The van der Waals surface area contributed by atoms with Crippen molar-refractivity contribution in [2.45, 2.75) is 13.0 Å². The maximum Gasteiger partial charge on any atom is 0.113 e. The van der Waals surface area contributed by atoms with Crippen LogP contribution in [-0.2, 0) is 6.54 Å². The molecule has 4 heteroatoms. The fourth-order valence-corrected chi connectivity index (χ4v) is 1.34. The Morgan fingerprint density at radius 3 is 3.00 bits per heavy atom. The number of para-hydroxylation sites is 1. The van der Waals surface area contributed by atoms with Crippen LogP contribution in [0.25, 0.3) is 11.0 Å². The summed E-state index contributed by atoms with van der Waals surface area (Å²) in [6, 6.07) is 8.00. The maximum atomic E-state index is 4.07. The second kappa shape index (κ2) is 3.53. The van der Waals surface area contributed by atoms with E-state index in [1.807, 2.05) is 28.9 Å². The second-order valence-electron chi connectivity index (χ2n) is 3.01. The summed E-state index contributed by atoms with van der Waals surface area (Å²) < 4.78 is 1.93. The van der Waals surface area contributed by atoms with Gasteiger partial charge < -0.3 is 5.73 Å². The van der Waals surface area contributed by atoms with Crippen molar-refractivity contribution >= 4 is 11.0 Å². The van der Waals surface area contributed by atoms with Gasteiger partial charge in [-0.25, -0.2) is 4.68 Å². The first-order valence-electron chi connectivity index (χ1n) is 4.49. The molecule has 0 atom stereocenters. The van der Waals surface area contributed by atoms with Crippen molar-refractivity contribution in [1.29, 1.82) is 0 Å². The van der Waals surface area contributed by atoms with Crippen LogP contribution in [0.5, 0.6) is 0 Å². The first-order chi connectivity index (χ1) is 6.42. The van der Waals surface area contributed by atoms with Crippen LogP contribution in [-0.4, -0.2) is 21.5 Å². The number of hydrogen-bond donors (Lipinski definition) is 1. The highest BCUT2D eigenvalue weighted by molar-refractivity contribution is 5.73. The lowest BCUT2D eigenvalue weighted by Crippen LogP contribution is -2.50. The minimum Gasteiger partial charge on any atom is -0.358 e. The highest BCUT2D eigenvalue weighted by Crippen LogP contribution is 2.09. The molecule has 1 aromatic heterocycles. The number of benzene rings is 1. The monoisotopic (exact) mass is 177 g/mol. The fourth-order valence-electron chi connectivity index (χ4n) is 1.34. The Labute approximate surface area is 76.3 Å². The predicted octanol–water partition coefficient (Wildman–Crippen LogP) is 0.0633. The van der Waals surface area contributed by atoms with E-state index in [1.165, 1.54) is 0 Å². The molecule has 1 aromatic carbocycles. The van der Waals surface area contributed by atoms with Gasteiger partial charge in [0.05, 0.1) is 12.1 Å². The van der Waals surface area contributed by atoms with Crippen LogP contribution in [0.2, 0.25) is 0 Å². The summed E-state index contributed by atoms with van der Waals surface area (Å²) in [7, 11) is 0. The highest BCUT2D eigenvalue weighted by Gasteiger charge is 2.01. The number of quaternary nitrogens is 1. The molecular formula is C9H13N4+. The van der Waals surface area contributed by atoms with Crippen molar-refractivity contribution in [3.05, 3.63) is 24.3 Å². The first kappa shape index (κ1) is 8.19. The molecule has 0 aliphatic heterocycles. The van der Waals surface area contributed by atoms with Gasteiger partial charge in [-0.1, -0.05) is 17.3 Å². The Morgan fingerprint density at radius 1 is 1.31 bits per heavy atom. The molecule has 3 N–H and O–H groups in total. The zero-order valence-corrected chi connectivity index (χ0v) is 7.48.